The number of H-pyrrole nitrogens is 1. The van der Waals surface area contributed by atoms with Crippen molar-refractivity contribution in [1.82, 2.24) is 15.3 Å². The van der Waals surface area contributed by atoms with E-state index in [1.165, 1.54) is 31.4 Å². The van der Waals surface area contributed by atoms with E-state index in [0.717, 1.165) is 6.07 Å². The summed E-state index contributed by atoms with van der Waals surface area (Å²) in [5.41, 5.74) is 5.01. The molecule has 0 radical (unpaired) electrons. The topological polar surface area (TPSA) is 155 Å². The minimum atomic E-state index is -0.817. The van der Waals surface area contributed by atoms with E-state index in [-0.39, 0.29) is 54.6 Å². The van der Waals surface area contributed by atoms with Gasteiger partial charge in [-0.3, -0.25) is 14.4 Å². The number of hydrogen-bond acceptors (Lipinski definition) is 8. The number of nitrogens with one attached hydrogen (secondary N) is 2. The van der Waals surface area contributed by atoms with Gasteiger partial charge in [0.2, 0.25) is 5.91 Å². The molecule has 11 nitrogen and oxygen atoms in total. The number of benzene rings is 2. The number of carbonyl (C=O) groups is 2. The summed E-state index contributed by atoms with van der Waals surface area (Å²) in [5, 5.41) is 2.42. The molecule has 2 aromatic carbocycles. The van der Waals surface area contributed by atoms with E-state index in [1.54, 1.807) is 0 Å². The fourth-order valence-electron chi connectivity index (χ4n) is 3.67. The van der Waals surface area contributed by atoms with Crippen LogP contribution in [0.2, 0.25) is 0 Å². The van der Waals surface area contributed by atoms with Crippen LogP contribution in [0.15, 0.2) is 35.1 Å². The third kappa shape index (κ3) is 6.01. The third-order valence-corrected chi connectivity index (χ3v) is 5.63. The molecule has 37 heavy (non-hydrogen) atoms. The van der Waals surface area contributed by atoms with Gasteiger partial charge in [-0.05, 0) is 29.8 Å². The van der Waals surface area contributed by atoms with Gasteiger partial charge in [-0.2, -0.15) is 0 Å². The molecule has 1 aromatic heterocycles. The number of halogens is 2. The maximum absolute atomic E-state index is 14.5. The van der Waals surface area contributed by atoms with Crippen molar-refractivity contribution in [3.8, 4) is 11.5 Å². The predicted octanol–water partition coefficient (Wildman–Crippen LogP) is 1.18. The molecule has 2 amide bonds. The maximum Gasteiger partial charge on any atom is 0.287 e. The minimum Gasteiger partial charge on any atom is -0.494 e. The molecular formula is C24H24F2N4O7. The molecule has 0 saturated carbocycles. The maximum atomic E-state index is 14.5. The number of aromatic amines is 1. The Labute approximate surface area is 208 Å². The Bertz CT molecular complexity index is 1370. The molecule has 4 N–H and O–H groups in total. The molecule has 196 valence electrons. The molecule has 2 atom stereocenters. The first-order valence-corrected chi connectivity index (χ1v) is 11.2. The molecule has 13 heteroatoms. The number of rotatable bonds is 9. The summed E-state index contributed by atoms with van der Waals surface area (Å²) in [6.07, 6.45) is -0.926. The highest BCUT2D eigenvalue weighted by Crippen LogP contribution is 2.26. The molecular weight excluding hydrogens is 494 g/mol. The molecule has 1 aliphatic heterocycles. The Balaban J connectivity index is 1.43. The summed E-state index contributed by atoms with van der Waals surface area (Å²) in [5.74, 6) is -3.22. The highest BCUT2D eigenvalue weighted by Gasteiger charge is 2.26. The second-order valence-electron chi connectivity index (χ2n) is 8.15. The van der Waals surface area contributed by atoms with Gasteiger partial charge >= 0.3 is 0 Å². The molecule has 4 rings (SSSR count). The van der Waals surface area contributed by atoms with Gasteiger partial charge < -0.3 is 35.0 Å². The molecule has 2 unspecified atom stereocenters. The quantitative estimate of drug-likeness (QED) is 0.382. The lowest BCUT2D eigenvalue weighted by molar-refractivity contribution is -0.159. The highest BCUT2D eigenvalue weighted by molar-refractivity contribution is 5.93. The van der Waals surface area contributed by atoms with Crippen LogP contribution in [0, 0.1) is 11.6 Å². The number of methoxy groups -OCH3 is 1. The molecule has 0 aliphatic carbocycles. The number of amides is 2. The van der Waals surface area contributed by atoms with Gasteiger partial charge in [0.25, 0.3) is 11.5 Å². The van der Waals surface area contributed by atoms with Crippen LogP contribution in [0.3, 0.4) is 0 Å². The van der Waals surface area contributed by atoms with Gasteiger partial charge in [-0.1, -0.05) is 6.07 Å². The number of ether oxygens (including phenoxy) is 4. The van der Waals surface area contributed by atoms with E-state index in [1.807, 2.05) is 0 Å². The Morgan fingerprint density at radius 3 is 2.68 bits per heavy atom. The Morgan fingerprint density at radius 2 is 1.97 bits per heavy atom. The molecule has 0 spiro atoms. The Morgan fingerprint density at radius 1 is 1.19 bits per heavy atom. The second kappa shape index (κ2) is 11.3. The Hall–Kier alpha value is -4.10. The van der Waals surface area contributed by atoms with E-state index in [0.29, 0.717) is 12.0 Å². The van der Waals surface area contributed by atoms with Crippen molar-refractivity contribution in [3.63, 3.8) is 0 Å². The number of aromatic nitrogens is 2. The van der Waals surface area contributed by atoms with E-state index < -0.39 is 41.2 Å². The molecule has 1 saturated heterocycles. The van der Waals surface area contributed by atoms with Crippen molar-refractivity contribution in [2.75, 3.05) is 26.9 Å². The molecule has 1 fully saturated rings. The monoisotopic (exact) mass is 518 g/mol. The zero-order chi connectivity index (χ0) is 26.5. The summed E-state index contributed by atoms with van der Waals surface area (Å²) in [6, 6.07) is 6.45. The number of fused-ring (bicyclic) bond motifs is 1. The summed E-state index contributed by atoms with van der Waals surface area (Å²) < 4.78 is 49.4. The first-order valence-electron chi connectivity index (χ1n) is 11.2. The van der Waals surface area contributed by atoms with Gasteiger partial charge in [0.05, 0.1) is 38.6 Å². The fraction of sp³-hybridized carbons (Fsp3) is 0.333. The van der Waals surface area contributed by atoms with E-state index >= 15 is 0 Å². The van der Waals surface area contributed by atoms with Crippen LogP contribution in [0.5, 0.6) is 11.5 Å². The summed E-state index contributed by atoms with van der Waals surface area (Å²) in [4.78, 5) is 43.0. The molecule has 1 aliphatic rings. The number of primary amides is 1. The van der Waals surface area contributed by atoms with Crippen molar-refractivity contribution < 1.29 is 37.3 Å². The lowest BCUT2D eigenvalue weighted by Gasteiger charge is -2.27. The van der Waals surface area contributed by atoms with Gasteiger partial charge in [-0.15, -0.1) is 0 Å². The highest BCUT2D eigenvalue weighted by atomic mass is 19.1. The molecule has 0 bridgehead atoms. The molecule has 3 aromatic rings. The van der Waals surface area contributed by atoms with Crippen LogP contribution in [0.4, 0.5) is 8.78 Å². The second-order valence-corrected chi connectivity index (χ2v) is 8.15. The van der Waals surface area contributed by atoms with Gasteiger partial charge in [-0.25, -0.2) is 13.8 Å². The van der Waals surface area contributed by atoms with Crippen LogP contribution >= 0.6 is 0 Å². The van der Waals surface area contributed by atoms with Crippen LogP contribution < -0.4 is 26.1 Å². The van der Waals surface area contributed by atoms with Crippen LogP contribution in [0.1, 0.15) is 22.6 Å². The van der Waals surface area contributed by atoms with Crippen molar-refractivity contribution in [2.24, 2.45) is 5.73 Å². The average molecular weight is 518 g/mol. The van der Waals surface area contributed by atoms with E-state index in [9.17, 15) is 23.2 Å². The van der Waals surface area contributed by atoms with Gasteiger partial charge in [0.15, 0.2) is 35.1 Å². The van der Waals surface area contributed by atoms with Crippen LogP contribution in [-0.4, -0.2) is 60.9 Å². The standard InChI is InChI=1S/C24H24F2N4O7/c1-34-17-8-12(2-3-14(17)25)9-28-24(33)22-29-16-5-4-15(26)20(19(16)23(32)30-22)35-7-6-13-10-37-18(11-36-13)21(27)31/h2-5,8,13,18H,6-7,9-11H2,1H3,(H2,27,31)(H,28,33)(H,29,30,32). The van der Waals surface area contributed by atoms with Gasteiger partial charge in [0.1, 0.15) is 5.39 Å². The fourth-order valence-corrected chi connectivity index (χ4v) is 3.67. The number of hydrogen-bond donors (Lipinski definition) is 3. The van der Waals surface area contributed by atoms with Gasteiger partial charge in [0, 0.05) is 13.0 Å². The average Bonchev–Trinajstić information content (AvgIpc) is 2.89. The summed E-state index contributed by atoms with van der Waals surface area (Å²) in [7, 11) is 1.32. The van der Waals surface area contributed by atoms with E-state index in [2.05, 4.69) is 15.3 Å². The zero-order valence-corrected chi connectivity index (χ0v) is 19.7. The van der Waals surface area contributed by atoms with Crippen molar-refractivity contribution in [2.45, 2.75) is 25.2 Å². The van der Waals surface area contributed by atoms with Crippen LogP contribution in [-0.2, 0) is 20.8 Å². The predicted molar refractivity (Wildman–Crippen MR) is 125 cm³/mol. The van der Waals surface area contributed by atoms with Crippen LogP contribution in [0.25, 0.3) is 10.9 Å². The number of nitrogens with zero attached hydrogens (tertiary/aromatic N) is 1. The first-order chi connectivity index (χ1) is 17.8. The first kappa shape index (κ1) is 26.0. The van der Waals surface area contributed by atoms with Crippen molar-refractivity contribution >= 4 is 22.7 Å². The number of carbonyl (C=O) groups excluding carboxylic acids is 2. The Kier molecular flexibility index (Phi) is 7.94. The number of nitrogens with two attached hydrogens (primary N) is 1. The van der Waals surface area contributed by atoms with E-state index in [4.69, 9.17) is 24.7 Å². The third-order valence-electron chi connectivity index (χ3n) is 5.63. The van der Waals surface area contributed by atoms with Crippen molar-refractivity contribution in [3.05, 3.63) is 63.7 Å². The SMILES string of the molecule is COc1cc(CNC(=O)c2nc3ccc(F)c(OCCC4COC(C(N)=O)CO4)c3c(=O)[nH]2)ccc1F. The zero-order valence-electron chi connectivity index (χ0n) is 19.7. The summed E-state index contributed by atoms with van der Waals surface area (Å²) in [6.45, 7) is 0.113. The minimum absolute atomic E-state index is 0.00572. The normalized spacial score (nSPS) is 17.4. The smallest absolute Gasteiger partial charge is 0.287 e. The summed E-state index contributed by atoms with van der Waals surface area (Å²) >= 11 is 0. The molecule has 2 heterocycles. The lowest BCUT2D eigenvalue weighted by atomic mass is 10.2. The lowest BCUT2D eigenvalue weighted by Crippen LogP contribution is -2.43. The largest absolute Gasteiger partial charge is 0.494 e. The van der Waals surface area contributed by atoms with Crippen molar-refractivity contribution in [1.29, 1.82) is 0 Å².